The van der Waals surface area contributed by atoms with Crippen LogP contribution in [0.1, 0.15) is 32.2 Å². The maximum absolute atomic E-state index is 12.6. The Morgan fingerprint density at radius 2 is 1.73 bits per heavy atom. The lowest BCUT2D eigenvalue weighted by Crippen LogP contribution is -2.41. The van der Waals surface area contributed by atoms with E-state index in [0.717, 1.165) is 16.3 Å². The summed E-state index contributed by atoms with van der Waals surface area (Å²) in [4.78, 5) is 25.8. The normalized spacial score (nSPS) is 10.4. The van der Waals surface area contributed by atoms with Crippen LogP contribution < -0.4 is 20.3 Å². The lowest BCUT2D eigenvalue weighted by molar-refractivity contribution is 0.0845. The Labute approximate surface area is 177 Å². The summed E-state index contributed by atoms with van der Waals surface area (Å²) < 4.78 is 15.6. The molecule has 2 amide bonds. The number of carbonyl (C=O) groups excluding carboxylic acids is 2. The van der Waals surface area contributed by atoms with Gasteiger partial charge in [-0.25, -0.2) is 0 Å². The molecule has 8 nitrogen and oxygen atoms in total. The smallest absolute Gasteiger partial charge is 0.270 e. The molecule has 0 fully saturated rings. The van der Waals surface area contributed by atoms with Crippen molar-refractivity contribution in [3.05, 3.63) is 71.1 Å². The Morgan fingerprint density at radius 1 is 1.00 bits per heavy atom. The quantitative estimate of drug-likeness (QED) is 0.440. The molecule has 0 radical (unpaired) electrons. The molecule has 1 aromatic heterocycles. The molecule has 0 aliphatic carbocycles. The average molecular weight is 427 g/mol. The Kier molecular flexibility index (Phi) is 6.97. The highest BCUT2D eigenvalue weighted by atomic mass is 32.2. The molecule has 0 unspecified atom stereocenters. The molecule has 0 bridgehead atoms. The molecular weight excluding hydrogens is 406 g/mol. The summed E-state index contributed by atoms with van der Waals surface area (Å²) in [6, 6.07) is 13.7. The van der Waals surface area contributed by atoms with Crippen molar-refractivity contribution in [1.29, 1.82) is 0 Å². The largest absolute Gasteiger partial charge is 0.493 e. The maximum Gasteiger partial charge on any atom is 0.270 e. The summed E-state index contributed by atoms with van der Waals surface area (Å²) >= 11 is 1.44. The van der Waals surface area contributed by atoms with Crippen LogP contribution in [0.5, 0.6) is 11.5 Å². The third-order valence-electron chi connectivity index (χ3n) is 4.11. The van der Waals surface area contributed by atoms with Crippen molar-refractivity contribution >= 4 is 23.6 Å². The second-order valence-electron chi connectivity index (χ2n) is 6.20. The summed E-state index contributed by atoms with van der Waals surface area (Å²) in [6.45, 7) is 1.85. The third-order valence-corrected chi connectivity index (χ3v) is 5.21. The van der Waals surface area contributed by atoms with Gasteiger partial charge < -0.3 is 14.0 Å². The van der Waals surface area contributed by atoms with E-state index in [9.17, 15) is 9.59 Å². The Hall–Kier alpha value is -3.46. The molecule has 0 atom stereocenters. The number of aromatic nitrogens is 1. The summed E-state index contributed by atoms with van der Waals surface area (Å²) in [6.07, 6.45) is 0. The van der Waals surface area contributed by atoms with Gasteiger partial charge in [-0.1, -0.05) is 17.3 Å². The number of nitrogens with one attached hydrogen (secondary N) is 2. The van der Waals surface area contributed by atoms with Crippen LogP contribution in [0.2, 0.25) is 0 Å². The summed E-state index contributed by atoms with van der Waals surface area (Å²) in [7, 11) is 2.99. The number of hydrogen-bond acceptors (Lipinski definition) is 7. The van der Waals surface area contributed by atoms with Crippen LogP contribution in [-0.2, 0) is 5.75 Å². The minimum atomic E-state index is -0.480. The Balaban J connectivity index is 1.64. The zero-order valence-corrected chi connectivity index (χ0v) is 17.5. The number of thioether (sulfide) groups is 1. The van der Waals surface area contributed by atoms with Crippen LogP contribution in [0.4, 0.5) is 0 Å². The van der Waals surface area contributed by atoms with Gasteiger partial charge in [-0.3, -0.25) is 20.4 Å². The molecule has 2 N–H and O–H groups in total. The van der Waals surface area contributed by atoms with E-state index < -0.39 is 11.8 Å². The number of hydrazine groups is 1. The summed E-state index contributed by atoms with van der Waals surface area (Å²) in [5.41, 5.74) is 6.42. The van der Waals surface area contributed by atoms with Crippen molar-refractivity contribution in [3.8, 4) is 11.5 Å². The van der Waals surface area contributed by atoms with Gasteiger partial charge in [0.25, 0.3) is 11.8 Å². The number of nitrogens with zero attached hydrogens (tertiary/aromatic N) is 1. The van der Waals surface area contributed by atoms with E-state index in [4.69, 9.17) is 14.0 Å². The number of aryl methyl sites for hydroxylation is 1. The lowest BCUT2D eigenvalue weighted by Gasteiger charge is -2.12. The fraction of sp³-hybridized carbons (Fsp3) is 0.190. The van der Waals surface area contributed by atoms with Gasteiger partial charge in [0.1, 0.15) is 5.76 Å². The molecule has 0 aliphatic rings. The van der Waals surface area contributed by atoms with E-state index in [1.54, 1.807) is 24.3 Å². The Morgan fingerprint density at radius 3 is 2.43 bits per heavy atom. The molecule has 0 saturated carbocycles. The van der Waals surface area contributed by atoms with Crippen LogP contribution in [0.3, 0.4) is 0 Å². The highest BCUT2D eigenvalue weighted by Gasteiger charge is 2.15. The molecule has 3 rings (SSSR count). The summed E-state index contributed by atoms with van der Waals surface area (Å²) in [5.74, 6) is 1.26. The van der Waals surface area contributed by atoms with E-state index in [2.05, 4.69) is 16.0 Å². The van der Waals surface area contributed by atoms with Gasteiger partial charge in [0, 0.05) is 16.5 Å². The van der Waals surface area contributed by atoms with Crippen LogP contribution in [0.25, 0.3) is 0 Å². The number of hydrogen-bond donors (Lipinski definition) is 2. The van der Waals surface area contributed by atoms with Gasteiger partial charge in [-0.15, -0.1) is 11.8 Å². The van der Waals surface area contributed by atoms with Crippen molar-refractivity contribution in [3.63, 3.8) is 0 Å². The van der Waals surface area contributed by atoms with E-state index >= 15 is 0 Å². The molecule has 0 saturated heterocycles. The van der Waals surface area contributed by atoms with E-state index in [1.165, 1.54) is 32.0 Å². The maximum atomic E-state index is 12.6. The molecule has 0 spiro atoms. The molecule has 30 heavy (non-hydrogen) atoms. The SMILES string of the molecule is COc1ccc(C(=O)NNC(=O)c2ccccc2SCc2cc(C)no2)cc1OC. The topological polar surface area (TPSA) is 103 Å². The first-order chi connectivity index (χ1) is 14.5. The first kappa shape index (κ1) is 21.3. The van der Waals surface area contributed by atoms with Gasteiger partial charge in [-0.05, 0) is 37.3 Å². The molecule has 1 heterocycles. The number of rotatable bonds is 7. The van der Waals surface area contributed by atoms with Crippen molar-refractivity contribution in [1.82, 2.24) is 16.0 Å². The zero-order chi connectivity index (χ0) is 21.5. The second kappa shape index (κ2) is 9.84. The van der Waals surface area contributed by atoms with Crippen molar-refractivity contribution in [2.24, 2.45) is 0 Å². The minimum absolute atomic E-state index is 0.316. The predicted molar refractivity (Wildman–Crippen MR) is 112 cm³/mol. The highest BCUT2D eigenvalue weighted by molar-refractivity contribution is 7.98. The molecular formula is C21H21N3O5S. The minimum Gasteiger partial charge on any atom is -0.493 e. The molecule has 3 aromatic rings. The number of methoxy groups -OCH3 is 2. The zero-order valence-electron chi connectivity index (χ0n) is 16.7. The second-order valence-corrected chi connectivity index (χ2v) is 7.21. The Bertz CT molecular complexity index is 1050. The monoisotopic (exact) mass is 427 g/mol. The molecule has 156 valence electrons. The lowest BCUT2D eigenvalue weighted by atomic mass is 10.2. The van der Waals surface area contributed by atoms with Crippen molar-refractivity contribution in [2.75, 3.05) is 14.2 Å². The van der Waals surface area contributed by atoms with Crippen molar-refractivity contribution in [2.45, 2.75) is 17.6 Å². The first-order valence-electron chi connectivity index (χ1n) is 8.98. The molecule has 0 aliphatic heterocycles. The standard InChI is InChI=1S/C21H21N3O5S/c1-13-10-15(29-24-13)12-30-19-7-5-4-6-16(19)21(26)23-22-20(25)14-8-9-17(27-2)18(11-14)28-3/h4-11H,12H2,1-3H3,(H,22,25)(H,23,26). The van der Waals surface area contributed by atoms with Crippen molar-refractivity contribution < 1.29 is 23.6 Å². The van der Waals surface area contributed by atoms with Gasteiger partial charge >= 0.3 is 0 Å². The van der Waals surface area contributed by atoms with Crippen LogP contribution >= 0.6 is 11.8 Å². The van der Waals surface area contributed by atoms with Crippen LogP contribution in [0.15, 0.2) is 57.9 Å². The predicted octanol–water partition coefficient (Wildman–Crippen LogP) is 3.37. The average Bonchev–Trinajstić information content (AvgIpc) is 3.20. The van der Waals surface area contributed by atoms with Gasteiger partial charge in [-0.2, -0.15) is 0 Å². The number of benzene rings is 2. The van der Waals surface area contributed by atoms with Crippen LogP contribution in [0, 0.1) is 6.92 Å². The fourth-order valence-electron chi connectivity index (χ4n) is 2.64. The highest BCUT2D eigenvalue weighted by Crippen LogP contribution is 2.28. The fourth-order valence-corrected chi connectivity index (χ4v) is 3.57. The summed E-state index contributed by atoms with van der Waals surface area (Å²) in [5, 5.41) is 3.86. The third kappa shape index (κ3) is 5.12. The number of ether oxygens (including phenoxy) is 2. The van der Waals surface area contributed by atoms with Crippen LogP contribution in [-0.4, -0.2) is 31.2 Å². The number of carbonyl (C=O) groups is 2. The van der Waals surface area contributed by atoms with Gasteiger partial charge in [0.2, 0.25) is 0 Å². The van der Waals surface area contributed by atoms with E-state index in [-0.39, 0.29) is 0 Å². The first-order valence-corrected chi connectivity index (χ1v) is 9.97. The van der Waals surface area contributed by atoms with Gasteiger partial charge in [0.05, 0.1) is 31.2 Å². The van der Waals surface area contributed by atoms with Gasteiger partial charge in [0.15, 0.2) is 11.5 Å². The molecule has 9 heteroatoms. The van der Waals surface area contributed by atoms with E-state index in [1.807, 2.05) is 25.1 Å². The van der Waals surface area contributed by atoms with E-state index in [0.29, 0.717) is 28.4 Å². The number of amides is 2. The molecule has 2 aromatic carbocycles.